The van der Waals surface area contributed by atoms with Gasteiger partial charge in [-0.3, -0.25) is 4.79 Å². The van der Waals surface area contributed by atoms with Gasteiger partial charge in [-0.05, 0) is 52.0 Å². The van der Waals surface area contributed by atoms with Crippen LogP contribution in [0.4, 0.5) is 5.13 Å². The van der Waals surface area contributed by atoms with Crippen LogP contribution in [0.3, 0.4) is 0 Å². The number of benzene rings is 1. The molecule has 0 aliphatic carbocycles. The molecule has 25 heavy (non-hydrogen) atoms. The van der Waals surface area contributed by atoms with E-state index in [9.17, 15) is 4.79 Å². The van der Waals surface area contributed by atoms with Gasteiger partial charge in [-0.2, -0.15) is 0 Å². The van der Waals surface area contributed by atoms with E-state index in [1.807, 2.05) is 22.9 Å². The molecule has 0 fully saturated rings. The Morgan fingerprint density at radius 1 is 1.32 bits per heavy atom. The topological polar surface area (TPSA) is 51.2 Å². The van der Waals surface area contributed by atoms with Crippen LogP contribution in [0.15, 0.2) is 45.6 Å². The number of ether oxygens (including phenoxy) is 1. The highest BCUT2D eigenvalue weighted by Crippen LogP contribution is 2.29. The largest absolute Gasteiger partial charge is 0.492 e. The lowest BCUT2D eigenvalue weighted by molar-refractivity contribution is -0.116. The summed E-state index contributed by atoms with van der Waals surface area (Å²) in [6.07, 6.45) is 0.989. The number of hydrogen-bond donors (Lipinski definition) is 1. The van der Waals surface area contributed by atoms with Crippen molar-refractivity contribution in [2.24, 2.45) is 0 Å². The van der Waals surface area contributed by atoms with Gasteiger partial charge in [0.25, 0.3) is 0 Å². The number of carbonyl (C=O) groups excluding carboxylic acids is 1. The Hall–Kier alpha value is -1.41. The maximum absolute atomic E-state index is 12.0. The Morgan fingerprint density at radius 2 is 2.20 bits per heavy atom. The van der Waals surface area contributed by atoms with Crippen molar-refractivity contribution in [1.29, 1.82) is 0 Å². The number of aromatic nitrogens is 1. The van der Waals surface area contributed by atoms with Crippen LogP contribution in [0, 0.1) is 0 Å². The normalized spacial score (nSPS) is 10.6. The molecule has 3 aromatic rings. The maximum Gasteiger partial charge on any atom is 0.226 e. The van der Waals surface area contributed by atoms with Gasteiger partial charge in [-0.1, -0.05) is 17.7 Å². The molecule has 0 aliphatic heterocycles. The van der Waals surface area contributed by atoms with Crippen LogP contribution in [0.5, 0.6) is 5.75 Å². The third kappa shape index (κ3) is 5.28. The zero-order valence-corrected chi connectivity index (χ0v) is 17.0. The summed E-state index contributed by atoms with van der Waals surface area (Å²) in [6.45, 7) is 0.450. The lowest BCUT2D eigenvalue weighted by atomic mass is 10.3. The Balaban J connectivity index is 1.42. The Labute approximate surface area is 167 Å². The summed E-state index contributed by atoms with van der Waals surface area (Å²) in [5, 5.41) is 8.05. The van der Waals surface area contributed by atoms with Crippen molar-refractivity contribution in [3.05, 3.63) is 50.6 Å². The molecule has 0 radical (unpaired) electrons. The van der Waals surface area contributed by atoms with E-state index in [-0.39, 0.29) is 5.91 Å². The van der Waals surface area contributed by atoms with E-state index in [4.69, 9.17) is 16.3 Å². The molecule has 0 atom stereocenters. The molecule has 3 rings (SSSR count). The highest BCUT2D eigenvalue weighted by atomic mass is 79.9. The minimum Gasteiger partial charge on any atom is -0.492 e. The molecule has 0 aliphatic rings. The molecule has 1 aromatic carbocycles. The van der Waals surface area contributed by atoms with E-state index in [1.165, 1.54) is 11.3 Å². The van der Waals surface area contributed by atoms with Gasteiger partial charge in [0.05, 0.1) is 21.7 Å². The van der Waals surface area contributed by atoms with E-state index < -0.39 is 0 Å². The quantitative estimate of drug-likeness (QED) is 0.437. The fourth-order valence-corrected chi connectivity index (χ4v) is 4.34. The number of halogens is 2. The fourth-order valence-electron chi connectivity index (χ4n) is 2.06. The van der Waals surface area contributed by atoms with E-state index in [0.717, 1.165) is 15.0 Å². The molecule has 2 heterocycles. The summed E-state index contributed by atoms with van der Waals surface area (Å²) >= 11 is 12.3. The maximum atomic E-state index is 12.0. The number of nitrogens with zero attached hydrogens (tertiary/aromatic N) is 1. The second-order valence-electron chi connectivity index (χ2n) is 5.09. The van der Waals surface area contributed by atoms with Gasteiger partial charge in [-0.15, -0.1) is 22.7 Å². The molecule has 2 aromatic heterocycles. The number of rotatable bonds is 7. The first-order chi connectivity index (χ1) is 12.1. The van der Waals surface area contributed by atoms with Crippen molar-refractivity contribution in [2.75, 3.05) is 11.9 Å². The number of hydrogen-bond acceptors (Lipinski definition) is 5. The van der Waals surface area contributed by atoms with Crippen LogP contribution in [0.2, 0.25) is 5.02 Å². The summed E-state index contributed by atoms with van der Waals surface area (Å²) in [4.78, 5) is 17.5. The number of anilines is 1. The summed E-state index contributed by atoms with van der Waals surface area (Å²) in [5.41, 5.74) is 0.895. The molecule has 0 spiro atoms. The number of carbonyl (C=O) groups is 1. The monoisotopic (exact) mass is 456 g/mol. The van der Waals surface area contributed by atoms with Gasteiger partial charge >= 0.3 is 0 Å². The lowest BCUT2D eigenvalue weighted by Crippen LogP contribution is -2.12. The fraction of sp³-hybridized carbons (Fsp3) is 0.176. The summed E-state index contributed by atoms with van der Waals surface area (Å²) < 4.78 is 6.45. The number of amides is 1. The van der Waals surface area contributed by atoms with Crippen LogP contribution in [0.1, 0.15) is 12.8 Å². The summed E-state index contributed by atoms with van der Waals surface area (Å²) in [5.74, 6) is 0.649. The van der Waals surface area contributed by atoms with Crippen LogP contribution in [-0.2, 0) is 4.79 Å². The number of thiophene rings is 1. The standard InChI is InChI=1S/C17H14BrClN2O2S2/c18-12-9-11(19)5-6-14(12)23-7-1-4-16(22)21-17-20-13(10-25-17)15-3-2-8-24-15/h2-3,5-6,8-10H,1,4,7H2,(H,20,21,22). The predicted molar refractivity (Wildman–Crippen MR) is 108 cm³/mol. The third-order valence-electron chi connectivity index (χ3n) is 3.22. The average molecular weight is 458 g/mol. The van der Waals surface area contributed by atoms with Gasteiger partial charge in [0, 0.05) is 16.8 Å². The predicted octanol–water partition coefficient (Wildman–Crippen LogP) is 6.09. The molecule has 1 N–H and O–H groups in total. The Kier molecular flexibility index (Phi) is 6.47. The SMILES string of the molecule is O=C(CCCOc1ccc(Cl)cc1Br)Nc1nc(-c2cccs2)cs1. The van der Waals surface area contributed by atoms with Gasteiger partial charge in [0.1, 0.15) is 5.75 Å². The molecule has 0 bridgehead atoms. The van der Waals surface area contributed by atoms with Crippen LogP contribution >= 0.6 is 50.2 Å². The number of nitrogens with one attached hydrogen (secondary N) is 1. The Bertz CT molecular complexity index is 852. The first kappa shape index (κ1) is 18.4. The number of thiazole rings is 1. The van der Waals surface area contributed by atoms with Crippen molar-refractivity contribution in [3.8, 4) is 16.3 Å². The smallest absolute Gasteiger partial charge is 0.226 e. The molecule has 130 valence electrons. The zero-order valence-electron chi connectivity index (χ0n) is 13.0. The summed E-state index contributed by atoms with van der Waals surface area (Å²) in [6, 6.07) is 9.33. The second kappa shape index (κ2) is 8.80. The summed E-state index contributed by atoms with van der Waals surface area (Å²) in [7, 11) is 0. The molecule has 1 amide bonds. The van der Waals surface area contributed by atoms with Gasteiger partial charge in [-0.25, -0.2) is 4.98 Å². The molecule has 8 heteroatoms. The van der Waals surface area contributed by atoms with Gasteiger partial charge in [0.2, 0.25) is 5.91 Å². The Morgan fingerprint density at radius 3 is 2.96 bits per heavy atom. The van der Waals surface area contributed by atoms with E-state index >= 15 is 0 Å². The van der Waals surface area contributed by atoms with Crippen molar-refractivity contribution in [1.82, 2.24) is 4.98 Å². The van der Waals surface area contributed by atoms with Gasteiger partial charge in [0.15, 0.2) is 5.13 Å². The van der Waals surface area contributed by atoms with Crippen molar-refractivity contribution < 1.29 is 9.53 Å². The van der Waals surface area contributed by atoms with E-state index in [0.29, 0.717) is 35.4 Å². The van der Waals surface area contributed by atoms with E-state index in [1.54, 1.807) is 29.5 Å². The van der Waals surface area contributed by atoms with Crippen molar-refractivity contribution in [3.63, 3.8) is 0 Å². The van der Waals surface area contributed by atoms with Gasteiger partial charge < -0.3 is 10.1 Å². The molecule has 4 nitrogen and oxygen atoms in total. The van der Waals surface area contributed by atoms with E-state index in [2.05, 4.69) is 26.2 Å². The molecule has 0 unspecified atom stereocenters. The molecular weight excluding hydrogens is 444 g/mol. The lowest BCUT2D eigenvalue weighted by Gasteiger charge is -2.08. The molecule has 0 saturated heterocycles. The first-order valence-corrected chi connectivity index (χ1v) is 10.4. The second-order valence-corrected chi connectivity index (χ2v) is 8.19. The molecular formula is C17H14BrClN2O2S2. The van der Waals surface area contributed by atoms with Crippen molar-refractivity contribution in [2.45, 2.75) is 12.8 Å². The zero-order chi connectivity index (χ0) is 17.6. The highest BCUT2D eigenvalue weighted by molar-refractivity contribution is 9.10. The minimum atomic E-state index is -0.0640. The van der Waals surface area contributed by atoms with Crippen LogP contribution < -0.4 is 10.1 Å². The average Bonchev–Trinajstić information content (AvgIpc) is 3.24. The third-order valence-corrected chi connectivity index (χ3v) is 5.73. The first-order valence-electron chi connectivity index (χ1n) is 7.49. The van der Waals surface area contributed by atoms with Crippen LogP contribution in [0.25, 0.3) is 10.6 Å². The highest BCUT2D eigenvalue weighted by Gasteiger charge is 2.09. The van der Waals surface area contributed by atoms with Crippen molar-refractivity contribution >= 4 is 61.2 Å². The van der Waals surface area contributed by atoms with Crippen LogP contribution in [-0.4, -0.2) is 17.5 Å². The molecule has 0 saturated carbocycles. The minimum absolute atomic E-state index is 0.0640.